The van der Waals surface area contributed by atoms with E-state index in [1.165, 1.54) is 11.3 Å². The summed E-state index contributed by atoms with van der Waals surface area (Å²) in [7, 11) is 1.61. The van der Waals surface area contributed by atoms with E-state index in [2.05, 4.69) is 11.9 Å². The maximum Gasteiger partial charge on any atom is 0.169 e. The Morgan fingerprint density at radius 3 is 2.75 bits per heavy atom. The number of carbonyl (C=O) groups excluding carboxylic acids is 1. The summed E-state index contributed by atoms with van der Waals surface area (Å²) in [6.45, 7) is 4.60. The predicted molar refractivity (Wildman–Crippen MR) is 80.0 cm³/mol. The average molecular weight is 291 g/mol. The number of rotatable bonds is 6. The van der Waals surface area contributed by atoms with E-state index in [4.69, 9.17) is 9.47 Å². The van der Waals surface area contributed by atoms with E-state index in [0.717, 1.165) is 33.9 Å². The molecule has 0 N–H and O–H groups in total. The van der Waals surface area contributed by atoms with E-state index in [-0.39, 0.29) is 0 Å². The smallest absolute Gasteiger partial charge is 0.169 e. The van der Waals surface area contributed by atoms with Gasteiger partial charge in [-0.25, -0.2) is 4.98 Å². The lowest BCUT2D eigenvalue weighted by Gasteiger charge is -2.10. The summed E-state index contributed by atoms with van der Waals surface area (Å²) in [6.07, 6.45) is 1.73. The standard InChI is InChI=1S/C15H17NO3S/c1-4-7-19-13-6-5-11(8-14(13)18-3)15-16-12(9-17)10(2)20-15/h5-6,8-9H,4,7H2,1-3H3. The molecule has 0 bridgehead atoms. The minimum Gasteiger partial charge on any atom is -0.493 e. The lowest BCUT2D eigenvalue weighted by atomic mass is 10.2. The molecule has 2 rings (SSSR count). The second kappa shape index (κ2) is 6.52. The van der Waals surface area contributed by atoms with Gasteiger partial charge in [0.25, 0.3) is 0 Å². The van der Waals surface area contributed by atoms with Gasteiger partial charge in [-0.2, -0.15) is 0 Å². The van der Waals surface area contributed by atoms with Gasteiger partial charge in [0.15, 0.2) is 17.8 Å². The summed E-state index contributed by atoms with van der Waals surface area (Å²) in [6, 6.07) is 5.69. The van der Waals surface area contributed by atoms with Gasteiger partial charge >= 0.3 is 0 Å². The van der Waals surface area contributed by atoms with E-state index < -0.39 is 0 Å². The van der Waals surface area contributed by atoms with Crippen LogP contribution >= 0.6 is 11.3 Å². The van der Waals surface area contributed by atoms with Crippen LogP contribution in [0.15, 0.2) is 18.2 Å². The van der Waals surface area contributed by atoms with Crippen molar-refractivity contribution in [1.29, 1.82) is 0 Å². The Labute approximate surface area is 122 Å². The molecule has 0 aliphatic carbocycles. The minimum atomic E-state index is 0.496. The van der Waals surface area contributed by atoms with Gasteiger partial charge in [0.1, 0.15) is 10.7 Å². The number of aldehydes is 1. The molecule has 0 radical (unpaired) electrons. The molecule has 1 heterocycles. The topological polar surface area (TPSA) is 48.4 Å². The number of nitrogens with zero attached hydrogens (tertiary/aromatic N) is 1. The highest BCUT2D eigenvalue weighted by atomic mass is 32.1. The number of carbonyl (C=O) groups is 1. The van der Waals surface area contributed by atoms with Crippen molar-refractivity contribution in [3.63, 3.8) is 0 Å². The molecule has 0 fully saturated rings. The molecule has 1 aromatic carbocycles. The first kappa shape index (κ1) is 14.5. The molecular weight excluding hydrogens is 274 g/mol. The zero-order valence-electron chi connectivity index (χ0n) is 11.8. The van der Waals surface area contributed by atoms with Crippen LogP contribution < -0.4 is 9.47 Å². The quantitative estimate of drug-likeness (QED) is 0.761. The Balaban J connectivity index is 2.34. The maximum absolute atomic E-state index is 10.9. The minimum absolute atomic E-state index is 0.496. The fraction of sp³-hybridized carbons (Fsp3) is 0.333. The van der Waals surface area contributed by atoms with E-state index in [1.807, 2.05) is 25.1 Å². The van der Waals surface area contributed by atoms with Gasteiger partial charge < -0.3 is 9.47 Å². The van der Waals surface area contributed by atoms with Crippen LogP contribution in [0.1, 0.15) is 28.7 Å². The highest BCUT2D eigenvalue weighted by Crippen LogP contribution is 2.34. The van der Waals surface area contributed by atoms with Crippen molar-refractivity contribution in [2.24, 2.45) is 0 Å². The fourth-order valence-electron chi connectivity index (χ4n) is 1.77. The molecule has 0 aliphatic rings. The summed E-state index contributed by atoms with van der Waals surface area (Å²) in [5.74, 6) is 1.40. The Morgan fingerprint density at radius 1 is 1.35 bits per heavy atom. The average Bonchev–Trinajstić information content (AvgIpc) is 2.86. The van der Waals surface area contributed by atoms with Crippen molar-refractivity contribution >= 4 is 17.6 Å². The number of aromatic nitrogens is 1. The van der Waals surface area contributed by atoms with Crippen LogP contribution in [0.3, 0.4) is 0 Å². The van der Waals surface area contributed by atoms with Gasteiger partial charge in [0.2, 0.25) is 0 Å². The highest BCUT2D eigenvalue weighted by molar-refractivity contribution is 7.15. The molecule has 1 aromatic heterocycles. The second-order valence-corrected chi connectivity index (χ2v) is 5.50. The molecule has 0 aliphatic heterocycles. The van der Waals surface area contributed by atoms with E-state index in [9.17, 15) is 4.79 Å². The van der Waals surface area contributed by atoms with Crippen LogP contribution in [0.5, 0.6) is 11.5 Å². The number of methoxy groups -OCH3 is 1. The van der Waals surface area contributed by atoms with Crippen LogP contribution in [0, 0.1) is 6.92 Å². The van der Waals surface area contributed by atoms with E-state index in [0.29, 0.717) is 18.1 Å². The molecule has 2 aromatic rings. The first-order valence-corrected chi connectivity index (χ1v) is 7.25. The largest absolute Gasteiger partial charge is 0.493 e. The van der Waals surface area contributed by atoms with E-state index >= 15 is 0 Å². The van der Waals surface area contributed by atoms with Gasteiger partial charge in [-0.1, -0.05) is 6.92 Å². The van der Waals surface area contributed by atoms with Crippen molar-refractivity contribution in [3.8, 4) is 22.1 Å². The van der Waals surface area contributed by atoms with Crippen LogP contribution in [0.25, 0.3) is 10.6 Å². The molecular formula is C15H17NO3S. The molecule has 0 spiro atoms. The molecule has 0 unspecified atom stereocenters. The summed E-state index contributed by atoms with van der Waals surface area (Å²) < 4.78 is 11.0. The number of ether oxygens (including phenoxy) is 2. The molecule has 4 nitrogen and oxygen atoms in total. The Bertz CT molecular complexity index is 607. The third-order valence-electron chi connectivity index (χ3n) is 2.82. The first-order valence-electron chi connectivity index (χ1n) is 6.43. The summed E-state index contributed by atoms with van der Waals surface area (Å²) >= 11 is 1.50. The number of thiazole rings is 1. The van der Waals surface area contributed by atoms with Crippen molar-refractivity contribution in [3.05, 3.63) is 28.8 Å². The number of hydrogen-bond acceptors (Lipinski definition) is 5. The SMILES string of the molecule is CCCOc1ccc(-c2nc(C=O)c(C)s2)cc1OC. The number of aryl methyl sites for hydroxylation is 1. The number of hydrogen-bond donors (Lipinski definition) is 0. The van der Waals surface area contributed by atoms with Crippen molar-refractivity contribution in [2.45, 2.75) is 20.3 Å². The summed E-state index contributed by atoms with van der Waals surface area (Å²) in [4.78, 5) is 16.1. The first-order chi connectivity index (χ1) is 9.69. The summed E-state index contributed by atoms with van der Waals surface area (Å²) in [5, 5.41) is 0.810. The molecule has 20 heavy (non-hydrogen) atoms. The molecule has 0 atom stereocenters. The van der Waals surface area contributed by atoms with Crippen LogP contribution in [-0.4, -0.2) is 25.0 Å². The highest BCUT2D eigenvalue weighted by Gasteiger charge is 2.12. The molecule has 0 amide bonds. The summed E-state index contributed by atoms with van der Waals surface area (Å²) in [5.41, 5.74) is 1.42. The zero-order valence-corrected chi connectivity index (χ0v) is 12.6. The Morgan fingerprint density at radius 2 is 2.15 bits per heavy atom. The monoisotopic (exact) mass is 291 g/mol. The zero-order chi connectivity index (χ0) is 14.5. The molecule has 5 heteroatoms. The van der Waals surface area contributed by atoms with Crippen LogP contribution in [0.2, 0.25) is 0 Å². The lowest BCUT2D eigenvalue weighted by molar-refractivity contribution is 0.111. The second-order valence-electron chi connectivity index (χ2n) is 4.29. The number of benzene rings is 1. The van der Waals surface area contributed by atoms with Gasteiger partial charge in [-0.3, -0.25) is 4.79 Å². The third-order valence-corrected chi connectivity index (χ3v) is 3.85. The predicted octanol–water partition coefficient (Wildman–Crippen LogP) is 3.73. The normalized spacial score (nSPS) is 10.3. The third kappa shape index (κ3) is 2.99. The van der Waals surface area contributed by atoms with Crippen LogP contribution in [0.4, 0.5) is 0 Å². The van der Waals surface area contributed by atoms with Gasteiger partial charge in [-0.05, 0) is 31.5 Å². The van der Waals surface area contributed by atoms with Crippen molar-refractivity contribution in [2.75, 3.05) is 13.7 Å². The molecule has 106 valence electrons. The maximum atomic E-state index is 10.9. The van der Waals surface area contributed by atoms with Gasteiger partial charge in [0, 0.05) is 10.4 Å². The van der Waals surface area contributed by atoms with Crippen LogP contribution in [-0.2, 0) is 0 Å². The Kier molecular flexibility index (Phi) is 4.74. The lowest BCUT2D eigenvalue weighted by Crippen LogP contribution is -1.97. The van der Waals surface area contributed by atoms with E-state index in [1.54, 1.807) is 7.11 Å². The van der Waals surface area contributed by atoms with Crippen molar-refractivity contribution in [1.82, 2.24) is 4.98 Å². The van der Waals surface area contributed by atoms with Gasteiger partial charge in [-0.15, -0.1) is 11.3 Å². The van der Waals surface area contributed by atoms with Gasteiger partial charge in [0.05, 0.1) is 13.7 Å². The van der Waals surface area contributed by atoms with Crippen molar-refractivity contribution < 1.29 is 14.3 Å². The Hall–Kier alpha value is -1.88. The molecule has 0 saturated heterocycles. The fourth-order valence-corrected chi connectivity index (χ4v) is 2.65. The molecule has 0 saturated carbocycles.